The number of carbonyl (C=O) groups excluding carboxylic acids is 1. The lowest BCUT2D eigenvalue weighted by atomic mass is 9.98. The molecule has 1 unspecified atom stereocenters. The molecule has 0 radical (unpaired) electrons. The predicted molar refractivity (Wildman–Crippen MR) is 87.6 cm³/mol. The highest BCUT2D eigenvalue weighted by atomic mass is 16.4. The normalized spacial score (nSPS) is 12.0. The van der Waals surface area contributed by atoms with E-state index in [9.17, 15) is 9.59 Å². The molecule has 1 aromatic carbocycles. The summed E-state index contributed by atoms with van der Waals surface area (Å²) in [4.78, 5) is 23.3. The molecule has 6 heteroatoms. The lowest BCUT2D eigenvalue weighted by Gasteiger charge is -2.13. The lowest BCUT2D eigenvalue weighted by Crippen LogP contribution is -2.22. The van der Waals surface area contributed by atoms with Crippen LogP contribution in [0.1, 0.15) is 34.2 Å². The van der Waals surface area contributed by atoms with Crippen LogP contribution in [0.25, 0.3) is 0 Å². The molecule has 0 spiro atoms. The Hall–Kier alpha value is -2.63. The number of anilines is 1. The Balaban J connectivity index is 2.08. The molecular weight excluding hydrogens is 294 g/mol. The molecule has 1 aromatic heterocycles. The summed E-state index contributed by atoms with van der Waals surface area (Å²) in [6.45, 7) is 5.77. The number of aromatic nitrogens is 2. The fourth-order valence-corrected chi connectivity index (χ4v) is 2.51. The Kier molecular flexibility index (Phi) is 4.83. The third-order valence-electron chi connectivity index (χ3n) is 3.99. The molecule has 0 bridgehead atoms. The van der Waals surface area contributed by atoms with E-state index in [1.165, 1.54) is 12.1 Å². The van der Waals surface area contributed by atoms with Gasteiger partial charge in [-0.05, 0) is 44.0 Å². The third-order valence-corrected chi connectivity index (χ3v) is 3.99. The van der Waals surface area contributed by atoms with Gasteiger partial charge in [-0.2, -0.15) is 5.10 Å². The number of amides is 1. The second-order valence-electron chi connectivity index (χ2n) is 5.75. The van der Waals surface area contributed by atoms with E-state index in [4.69, 9.17) is 5.11 Å². The summed E-state index contributed by atoms with van der Waals surface area (Å²) in [5, 5.41) is 16.1. The average Bonchev–Trinajstić information content (AvgIpc) is 2.73. The maximum Gasteiger partial charge on any atom is 0.335 e. The lowest BCUT2D eigenvalue weighted by molar-refractivity contribution is -0.119. The fourth-order valence-electron chi connectivity index (χ4n) is 2.51. The van der Waals surface area contributed by atoms with Gasteiger partial charge in [0.25, 0.3) is 0 Å². The number of aromatic carboxylic acids is 1. The molecular formula is C17H21N3O3. The van der Waals surface area contributed by atoms with Crippen molar-refractivity contribution in [2.45, 2.75) is 27.2 Å². The van der Waals surface area contributed by atoms with Crippen LogP contribution in [0, 0.1) is 19.8 Å². The SMILES string of the molecule is Cc1nn(C)c(C)c1CC(C)C(=O)Nc1cccc(C(=O)O)c1. The van der Waals surface area contributed by atoms with Crippen LogP contribution in [0.4, 0.5) is 5.69 Å². The summed E-state index contributed by atoms with van der Waals surface area (Å²) >= 11 is 0. The molecule has 6 nitrogen and oxygen atoms in total. The number of rotatable bonds is 5. The quantitative estimate of drug-likeness (QED) is 0.888. The molecule has 0 aliphatic heterocycles. The van der Waals surface area contributed by atoms with Crippen molar-refractivity contribution in [3.63, 3.8) is 0 Å². The average molecular weight is 315 g/mol. The van der Waals surface area contributed by atoms with E-state index in [1.54, 1.807) is 12.1 Å². The number of nitrogens with one attached hydrogen (secondary N) is 1. The molecule has 1 heterocycles. The van der Waals surface area contributed by atoms with Gasteiger partial charge in [0.1, 0.15) is 0 Å². The fraction of sp³-hybridized carbons (Fsp3) is 0.353. The largest absolute Gasteiger partial charge is 0.478 e. The van der Waals surface area contributed by atoms with E-state index in [-0.39, 0.29) is 17.4 Å². The molecule has 1 atom stereocenters. The summed E-state index contributed by atoms with van der Waals surface area (Å²) < 4.78 is 1.81. The zero-order valence-electron chi connectivity index (χ0n) is 13.8. The van der Waals surface area contributed by atoms with E-state index < -0.39 is 5.97 Å². The van der Waals surface area contributed by atoms with Crippen molar-refractivity contribution in [1.29, 1.82) is 0 Å². The standard InChI is InChI=1S/C17H21N3O3/c1-10(8-15-11(2)19-20(4)12(15)3)16(21)18-14-7-5-6-13(9-14)17(22)23/h5-7,9-10H,8H2,1-4H3,(H,18,21)(H,22,23). The highest BCUT2D eigenvalue weighted by Crippen LogP contribution is 2.18. The summed E-state index contributed by atoms with van der Waals surface area (Å²) in [5.74, 6) is -1.41. The second kappa shape index (κ2) is 6.64. The number of carbonyl (C=O) groups is 2. The van der Waals surface area contributed by atoms with Crippen molar-refractivity contribution in [1.82, 2.24) is 9.78 Å². The zero-order valence-corrected chi connectivity index (χ0v) is 13.8. The number of carboxylic acid groups (broad SMARTS) is 1. The van der Waals surface area contributed by atoms with Crippen LogP contribution in [0.5, 0.6) is 0 Å². The zero-order chi connectivity index (χ0) is 17.1. The Morgan fingerprint density at radius 1 is 1.35 bits per heavy atom. The van der Waals surface area contributed by atoms with Crippen LogP contribution in [-0.4, -0.2) is 26.8 Å². The van der Waals surface area contributed by atoms with Gasteiger partial charge in [-0.3, -0.25) is 9.48 Å². The van der Waals surface area contributed by atoms with Crippen molar-refractivity contribution in [2.24, 2.45) is 13.0 Å². The Labute approximate surface area is 135 Å². The molecule has 0 aliphatic rings. The number of carboxylic acids is 1. The highest BCUT2D eigenvalue weighted by molar-refractivity contribution is 5.95. The van der Waals surface area contributed by atoms with Gasteiger partial charge >= 0.3 is 5.97 Å². The number of benzene rings is 1. The minimum Gasteiger partial charge on any atom is -0.478 e. The summed E-state index contributed by atoms with van der Waals surface area (Å²) in [6.07, 6.45) is 0.593. The second-order valence-corrected chi connectivity index (χ2v) is 5.75. The van der Waals surface area contributed by atoms with E-state index in [2.05, 4.69) is 10.4 Å². The van der Waals surface area contributed by atoms with Crippen molar-refractivity contribution in [2.75, 3.05) is 5.32 Å². The van der Waals surface area contributed by atoms with E-state index in [0.717, 1.165) is 17.0 Å². The van der Waals surface area contributed by atoms with Gasteiger partial charge in [0, 0.05) is 24.3 Å². The molecule has 0 saturated heterocycles. The number of aryl methyl sites for hydroxylation is 2. The van der Waals surface area contributed by atoms with Gasteiger partial charge in [0.05, 0.1) is 11.3 Å². The Bertz CT molecular complexity index is 750. The first kappa shape index (κ1) is 16.7. The third kappa shape index (κ3) is 3.77. The molecule has 0 aliphatic carbocycles. The Morgan fingerprint density at radius 2 is 2.04 bits per heavy atom. The highest BCUT2D eigenvalue weighted by Gasteiger charge is 2.19. The Morgan fingerprint density at radius 3 is 2.61 bits per heavy atom. The first-order valence-corrected chi connectivity index (χ1v) is 7.43. The van der Waals surface area contributed by atoms with Gasteiger partial charge in [0.15, 0.2) is 0 Å². The van der Waals surface area contributed by atoms with Crippen molar-refractivity contribution >= 4 is 17.6 Å². The summed E-state index contributed by atoms with van der Waals surface area (Å²) in [7, 11) is 1.88. The number of hydrogen-bond acceptors (Lipinski definition) is 3. The minimum atomic E-state index is -1.02. The maximum absolute atomic E-state index is 12.3. The molecule has 0 fully saturated rings. The van der Waals surface area contributed by atoms with Gasteiger partial charge in [-0.1, -0.05) is 13.0 Å². The molecule has 0 saturated carbocycles. The number of nitrogens with zero attached hydrogens (tertiary/aromatic N) is 2. The molecule has 122 valence electrons. The smallest absolute Gasteiger partial charge is 0.335 e. The predicted octanol–water partition coefficient (Wildman–Crippen LogP) is 2.55. The topological polar surface area (TPSA) is 84.2 Å². The van der Waals surface area contributed by atoms with Crippen LogP contribution in [-0.2, 0) is 18.3 Å². The first-order chi connectivity index (χ1) is 10.8. The van der Waals surface area contributed by atoms with Crippen LogP contribution in [0.3, 0.4) is 0 Å². The van der Waals surface area contributed by atoms with Gasteiger partial charge in [-0.25, -0.2) is 4.79 Å². The monoisotopic (exact) mass is 315 g/mol. The van der Waals surface area contributed by atoms with Gasteiger partial charge in [0.2, 0.25) is 5.91 Å². The van der Waals surface area contributed by atoms with Crippen molar-refractivity contribution in [3.05, 3.63) is 46.8 Å². The molecule has 1 amide bonds. The maximum atomic E-state index is 12.3. The van der Waals surface area contributed by atoms with E-state index >= 15 is 0 Å². The van der Waals surface area contributed by atoms with Crippen LogP contribution < -0.4 is 5.32 Å². The van der Waals surface area contributed by atoms with Crippen LogP contribution in [0.15, 0.2) is 24.3 Å². The van der Waals surface area contributed by atoms with Gasteiger partial charge < -0.3 is 10.4 Å². The van der Waals surface area contributed by atoms with Gasteiger partial charge in [-0.15, -0.1) is 0 Å². The minimum absolute atomic E-state index is 0.143. The first-order valence-electron chi connectivity index (χ1n) is 7.43. The molecule has 23 heavy (non-hydrogen) atoms. The van der Waals surface area contributed by atoms with E-state index in [0.29, 0.717) is 12.1 Å². The van der Waals surface area contributed by atoms with Crippen LogP contribution >= 0.6 is 0 Å². The summed E-state index contributed by atoms with van der Waals surface area (Å²) in [5.41, 5.74) is 3.69. The molecule has 2 rings (SSSR count). The molecule has 2 N–H and O–H groups in total. The van der Waals surface area contributed by atoms with Crippen molar-refractivity contribution < 1.29 is 14.7 Å². The van der Waals surface area contributed by atoms with E-state index in [1.807, 2.05) is 32.5 Å². The number of hydrogen-bond donors (Lipinski definition) is 2. The van der Waals surface area contributed by atoms with Crippen molar-refractivity contribution in [3.8, 4) is 0 Å². The van der Waals surface area contributed by atoms with Crippen LogP contribution in [0.2, 0.25) is 0 Å². The molecule has 2 aromatic rings. The summed E-state index contributed by atoms with van der Waals surface area (Å²) in [6, 6.07) is 6.23.